The Morgan fingerprint density at radius 1 is 1.38 bits per heavy atom. The third kappa shape index (κ3) is 2.54. The molecule has 16 heavy (non-hydrogen) atoms. The number of benzene rings is 1. The number of carbonyl (C=O) groups is 1. The van der Waals surface area contributed by atoms with Crippen LogP contribution in [0.2, 0.25) is 0 Å². The maximum Gasteiger partial charge on any atom is 0.255 e. The number of carbonyl (C=O) groups excluding carboxylic acids is 1. The molecular weight excluding hydrogens is 200 g/mol. The number of hydrogen-bond donors (Lipinski definition) is 1. The van der Waals surface area contributed by atoms with Gasteiger partial charge in [-0.05, 0) is 38.5 Å². The van der Waals surface area contributed by atoms with Crippen LogP contribution in [0.15, 0.2) is 18.2 Å². The Hall–Kier alpha value is -1.51. The quantitative estimate of drug-likeness (QED) is 0.849. The van der Waals surface area contributed by atoms with Crippen molar-refractivity contribution in [3.63, 3.8) is 0 Å². The molecule has 1 aromatic rings. The fourth-order valence-corrected chi connectivity index (χ4v) is 1.48. The van der Waals surface area contributed by atoms with Crippen molar-refractivity contribution < 1.29 is 4.79 Å². The first-order valence-electron chi connectivity index (χ1n) is 5.53. The second-order valence-corrected chi connectivity index (χ2v) is 4.31. The molecule has 1 rings (SSSR count). The number of aryl methyl sites for hydroxylation is 1. The fraction of sp³-hybridized carbons (Fsp3) is 0.462. The molecule has 0 spiro atoms. The molecule has 0 saturated carbocycles. The Bertz CT molecular complexity index is 386. The average Bonchev–Trinajstić information content (AvgIpc) is 2.26. The van der Waals surface area contributed by atoms with E-state index in [1.807, 2.05) is 53.1 Å². The summed E-state index contributed by atoms with van der Waals surface area (Å²) in [6, 6.07) is 6.03. The van der Waals surface area contributed by atoms with E-state index in [2.05, 4.69) is 5.32 Å². The summed E-state index contributed by atoms with van der Waals surface area (Å²) in [6.45, 7) is 6.03. The van der Waals surface area contributed by atoms with Gasteiger partial charge in [-0.1, -0.05) is 6.07 Å². The van der Waals surface area contributed by atoms with Gasteiger partial charge in [0.25, 0.3) is 5.91 Å². The molecule has 0 atom stereocenters. The van der Waals surface area contributed by atoms with Crippen LogP contribution in [-0.4, -0.2) is 30.9 Å². The summed E-state index contributed by atoms with van der Waals surface area (Å²) in [6.07, 6.45) is 0. The zero-order valence-corrected chi connectivity index (χ0v) is 10.7. The van der Waals surface area contributed by atoms with E-state index >= 15 is 0 Å². The lowest BCUT2D eigenvalue weighted by Crippen LogP contribution is -2.33. The van der Waals surface area contributed by atoms with E-state index in [0.29, 0.717) is 0 Å². The van der Waals surface area contributed by atoms with Gasteiger partial charge in [0.2, 0.25) is 0 Å². The standard InChI is InChI=1S/C13H20N2O/c1-9(2)15(5)13(16)11-7-6-10(3)8-12(11)14-4/h6-9,14H,1-5H3. The first kappa shape index (κ1) is 12.6. The molecule has 3 nitrogen and oxygen atoms in total. The summed E-state index contributed by atoms with van der Waals surface area (Å²) < 4.78 is 0. The van der Waals surface area contributed by atoms with Crippen LogP contribution in [0, 0.1) is 6.92 Å². The Balaban J connectivity index is 3.08. The van der Waals surface area contributed by atoms with Gasteiger partial charge in [0, 0.05) is 25.8 Å². The molecule has 0 aromatic heterocycles. The van der Waals surface area contributed by atoms with E-state index in [0.717, 1.165) is 16.8 Å². The zero-order valence-electron chi connectivity index (χ0n) is 10.7. The zero-order chi connectivity index (χ0) is 12.3. The summed E-state index contributed by atoms with van der Waals surface area (Å²) in [5.74, 6) is 0.0550. The van der Waals surface area contributed by atoms with Gasteiger partial charge in [0.1, 0.15) is 0 Å². The van der Waals surface area contributed by atoms with Crippen molar-refractivity contribution in [1.82, 2.24) is 4.90 Å². The number of hydrogen-bond acceptors (Lipinski definition) is 2. The van der Waals surface area contributed by atoms with Crippen molar-refractivity contribution in [3.05, 3.63) is 29.3 Å². The molecule has 1 amide bonds. The summed E-state index contributed by atoms with van der Waals surface area (Å²) in [7, 11) is 3.66. The largest absolute Gasteiger partial charge is 0.387 e. The second-order valence-electron chi connectivity index (χ2n) is 4.31. The molecule has 1 aromatic carbocycles. The third-order valence-electron chi connectivity index (χ3n) is 2.77. The molecule has 0 aliphatic carbocycles. The lowest BCUT2D eigenvalue weighted by Gasteiger charge is -2.22. The minimum Gasteiger partial charge on any atom is -0.387 e. The van der Waals surface area contributed by atoms with Gasteiger partial charge in [-0.3, -0.25) is 4.79 Å². The van der Waals surface area contributed by atoms with Gasteiger partial charge >= 0.3 is 0 Å². The highest BCUT2D eigenvalue weighted by Crippen LogP contribution is 2.19. The number of nitrogens with zero attached hydrogens (tertiary/aromatic N) is 1. The van der Waals surface area contributed by atoms with E-state index in [1.165, 1.54) is 0 Å². The van der Waals surface area contributed by atoms with Gasteiger partial charge in [0.15, 0.2) is 0 Å². The van der Waals surface area contributed by atoms with Gasteiger partial charge in [-0.2, -0.15) is 0 Å². The Kier molecular flexibility index (Phi) is 3.93. The molecule has 0 radical (unpaired) electrons. The van der Waals surface area contributed by atoms with Crippen LogP contribution in [0.25, 0.3) is 0 Å². The summed E-state index contributed by atoms with van der Waals surface area (Å²) in [5, 5.41) is 3.06. The van der Waals surface area contributed by atoms with Crippen LogP contribution in [0.3, 0.4) is 0 Å². The molecule has 3 heteroatoms. The Morgan fingerprint density at radius 3 is 2.50 bits per heavy atom. The minimum atomic E-state index is 0.0550. The van der Waals surface area contributed by atoms with Crippen LogP contribution >= 0.6 is 0 Å². The molecule has 0 heterocycles. The minimum absolute atomic E-state index is 0.0550. The molecule has 0 fully saturated rings. The van der Waals surface area contributed by atoms with Crippen LogP contribution in [0.5, 0.6) is 0 Å². The number of amides is 1. The average molecular weight is 220 g/mol. The van der Waals surface area contributed by atoms with Crippen molar-refractivity contribution in [2.45, 2.75) is 26.8 Å². The topological polar surface area (TPSA) is 32.3 Å². The smallest absolute Gasteiger partial charge is 0.255 e. The Morgan fingerprint density at radius 2 is 2.00 bits per heavy atom. The third-order valence-corrected chi connectivity index (χ3v) is 2.77. The SMILES string of the molecule is CNc1cc(C)ccc1C(=O)N(C)C(C)C. The Labute approximate surface area is 97.5 Å². The van der Waals surface area contributed by atoms with Crippen LogP contribution < -0.4 is 5.32 Å². The van der Waals surface area contributed by atoms with Crippen molar-refractivity contribution in [2.75, 3.05) is 19.4 Å². The lowest BCUT2D eigenvalue weighted by atomic mass is 10.1. The van der Waals surface area contributed by atoms with Crippen LogP contribution in [0.1, 0.15) is 29.8 Å². The van der Waals surface area contributed by atoms with Crippen LogP contribution in [0.4, 0.5) is 5.69 Å². The van der Waals surface area contributed by atoms with Crippen molar-refractivity contribution in [3.8, 4) is 0 Å². The van der Waals surface area contributed by atoms with E-state index in [-0.39, 0.29) is 11.9 Å². The first-order valence-corrected chi connectivity index (χ1v) is 5.53. The number of anilines is 1. The predicted molar refractivity (Wildman–Crippen MR) is 68.0 cm³/mol. The molecular formula is C13H20N2O. The maximum absolute atomic E-state index is 12.2. The summed E-state index contributed by atoms with van der Waals surface area (Å²) in [5.41, 5.74) is 2.76. The van der Waals surface area contributed by atoms with Gasteiger partial charge in [-0.25, -0.2) is 0 Å². The number of nitrogens with one attached hydrogen (secondary N) is 1. The molecule has 0 bridgehead atoms. The number of rotatable bonds is 3. The second kappa shape index (κ2) is 5.01. The highest BCUT2D eigenvalue weighted by Gasteiger charge is 2.17. The fourth-order valence-electron chi connectivity index (χ4n) is 1.48. The van der Waals surface area contributed by atoms with E-state index in [4.69, 9.17) is 0 Å². The predicted octanol–water partition coefficient (Wildman–Crippen LogP) is 2.52. The van der Waals surface area contributed by atoms with Crippen molar-refractivity contribution >= 4 is 11.6 Å². The van der Waals surface area contributed by atoms with Gasteiger partial charge in [0.05, 0.1) is 5.56 Å². The highest BCUT2D eigenvalue weighted by molar-refractivity contribution is 5.99. The van der Waals surface area contributed by atoms with Gasteiger partial charge in [-0.15, -0.1) is 0 Å². The van der Waals surface area contributed by atoms with E-state index < -0.39 is 0 Å². The molecule has 0 aliphatic rings. The normalized spacial score (nSPS) is 10.4. The van der Waals surface area contributed by atoms with E-state index in [9.17, 15) is 4.79 Å². The molecule has 88 valence electrons. The molecule has 0 unspecified atom stereocenters. The maximum atomic E-state index is 12.2. The van der Waals surface area contributed by atoms with E-state index in [1.54, 1.807) is 4.90 Å². The molecule has 1 N–H and O–H groups in total. The molecule has 0 saturated heterocycles. The summed E-state index contributed by atoms with van der Waals surface area (Å²) >= 11 is 0. The monoisotopic (exact) mass is 220 g/mol. The lowest BCUT2D eigenvalue weighted by molar-refractivity contribution is 0.0756. The van der Waals surface area contributed by atoms with Crippen molar-refractivity contribution in [2.24, 2.45) is 0 Å². The highest BCUT2D eigenvalue weighted by atomic mass is 16.2. The first-order chi connectivity index (χ1) is 7.47. The van der Waals surface area contributed by atoms with Crippen LogP contribution in [-0.2, 0) is 0 Å². The van der Waals surface area contributed by atoms with Gasteiger partial charge < -0.3 is 10.2 Å². The summed E-state index contributed by atoms with van der Waals surface area (Å²) in [4.78, 5) is 13.9. The van der Waals surface area contributed by atoms with Crippen molar-refractivity contribution in [1.29, 1.82) is 0 Å². The molecule has 0 aliphatic heterocycles.